The molecule has 0 aromatic heterocycles. The van der Waals surface area contributed by atoms with E-state index in [4.69, 9.17) is 0 Å². The van der Waals surface area contributed by atoms with Gasteiger partial charge in [-0.3, -0.25) is 5.43 Å². The molecule has 0 aromatic carbocycles. The monoisotopic (exact) mass is 224 g/mol. The topological polar surface area (TPSA) is 15.3 Å². The fourth-order valence-electron chi connectivity index (χ4n) is 4.01. The maximum Gasteiger partial charge on any atom is 0.0200 e. The third-order valence-electron chi connectivity index (χ3n) is 4.96. The zero-order valence-electron chi connectivity index (χ0n) is 11.3. The lowest BCUT2D eigenvalue weighted by Gasteiger charge is -2.48. The predicted octanol–water partition coefficient (Wildman–Crippen LogP) is 3.05. The fraction of sp³-hybridized carbons (Fsp3) is 1.00. The van der Waals surface area contributed by atoms with Crippen LogP contribution in [0.2, 0.25) is 0 Å². The first-order valence-corrected chi connectivity index (χ1v) is 7.15. The van der Waals surface area contributed by atoms with Gasteiger partial charge in [-0.2, -0.15) is 0 Å². The first kappa shape index (κ1) is 12.4. The van der Waals surface area contributed by atoms with Gasteiger partial charge in [0.25, 0.3) is 0 Å². The van der Waals surface area contributed by atoms with E-state index in [1.165, 1.54) is 51.6 Å². The Labute approximate surface area is 101 Å². The number of hydrazine groups is 1. The van der Waals surface area contributed by atoms with E-state index in [0.29, 0.717) is 5.41 Å². The Morgan fingerprint density at radius 3 is 2.69 bits per heavy atom. The molecule has 16 heavy (non-hydrogen) atoms. The molecule has 1 heterocycles. The summed E-state index contributed by atoms with van der Waals surface area (Å²) in [5.74, 6) is 2.04. The van der Waals surface area contributed by atoms with Gasteiger partial charge in [-0.15, -0.1) is 0 Å². The summed E-state index contributed by atoms with van der Waals surface area (Å²) in [5.41, 5.74) is 3.97. The fourth-order valence-corrected chi connectivity index (χ4v) is 4.01. The minimum absolute atomic E-state index is 0.703. The van der Waals surface area contributed by atoms with Crippen LogP contribution in [0.1, 0.15) is 52.4 Å². The molecule has 2 rings (SSSR count). The molecule has 2 fully saturated rings. The molecule has 2 unspecified atom stereocenters. The summed E-state index contributed by atoms with van der Waals surface area (Å²) in [6.45, 7) is 7.30. The Morgan fingerprint density at radius 2 is 2.12 bits per heavy atom. The van der Waals surface area contributed by atoms with Crippen LogP contribution in [0.4, 0.5) is 0 Å². The number of rotatable bonds is 5. The number of nitrogens with one attached hydrogen (secondary N) is 1. The van der Waals surface area contributed by atoms with Gasteiger partial charge in [0.2, 0.25) is 0 Å². The van der Waals surface area contributed by atoms with E-state index in [0.717, 1.165) is 11.8 Å². The summed E-state index contributed by atoms with van der Waals surface area (Å²) in [6, 6.07) is 0. The molecule has 2 heteroatoms. The third kappa shape index (κ3) is 2.28. The lowest BCUT2D eigenvalue weighted by atomic mass is 9.76. The van der Waals surface area contributed by atoms with Gasteiger partial charge in [-0.25, -0.2) is 5.01 Å². The molecule has 1 aliphatic heterocycles. The van der Waals surface area contributed by atoms with Crippen LogP contribution in [-0.2, 0) is 0 Å². The van der Waals surface area contributed by atoms with Gasteiger partial charge in [0.1, 0.15) is 0 Å². The summed E-state index contributed by atoms with van der Waals surface area (Å²) in [5, 5.41) is 2.36. The number of hydrogen-bond acceptors (Lipinski definition) is 2. The molecule has 0 radical (unpaired) electrons. The van der Waals surface area contributed by atoms with Gasteiger partial charge >= 0.3 is 0 Å². The average molecular weight is 224 g/mol. The van der Waals surface area contributed by atoms with Crippen molar-refractivity contribution in [3.8, 4) is 0 Å². The van der Waals surface area contributed by atoms with Crippen LogP contribution in [0.3, 0.4) is 0 Å². The van der Waals surface area contributed by atoms with Crippen LogP contribution in [0.15, 0.2) is 0 Å². The Morgan fingerprint density at radius 1 is 1.38 bits per heavy atom. The van der Waals surface area contributed by atoms with Gasteiger partial charge in [0.05, 0.1) is 0 Å². The molecule has 2 aliphatic rings. The van der Waals surface area contributed by atoms with Gasteiger partial charge in [0, 0.05) is 13.1 Å². The van der Waals surface area contributed by atoms with Crippen LogP contribution in [0.25, 0.3) is 0 Å². The van der Waals surface area contributed by atoms with Crippen molar-refractivity contribution < 1.29 is 0 Å². The van der Waals surface area contributed by atoms with Crippen molar-refractivity contribution >= 4 is 0 Å². The number of nitrogens with zero attached hydrogens (tertiary/aromatic N) is 1. The minimum atomic E-state index is 0.703. The highest BCUT2D eigenvalue weighted by Crippen LogP contribution is 2.50. The standard InChI is InChI=1S/C14H28N2/c1-4-6-12(5-2)13-7-8-14(9-13)10-16(11-14)15-3/h12-13,15H,4-11H2,1-3H3. The lowest BCUT2D eigenvalue weighted by molar-refractivity contribution is -0.0318. The third-order valence-corrected chi connectivity index (χ3v) is 4.96. The average Bonchev–Trinajstić information content (AvgIpc) is 2.68. The first-order chi connectivity index (χ1) is 7.73. The van der Waals surface area contributed by atoms with E-state index < -0.39 is 0 Å². The summed E-state index contributed by atoms with van der Waals surface area (Å²) in [4.78, 5) is 0. The zero-order valence-corrected chi connectivity index (χ0v) is 11.3. The highest BCUT2D eigenvalue weighted by Gasteiger charge is 2.48. The molecule has 1 spiro atoms. The molecule has 1 aliphatic carbocycles. The Bertz CT molecular complexity index is 221. The van der Waals surface area contributed by atoms with Crippen molar-refractivity contribution in [2.75, 3.05) is 20.1 Å². The van der Waals surface area contributed by atoms with Crippen molar-refractivity contribution in [3.63, 3.8) is 0 Å². The molecule has 0 amide bonds. The van der Waals surface area contributed by atoms with Crippen LogP contribution < -0.4 is 5.43 Å². The molecule has 1 saturated carbocycles. The first-order valence-electron chi connectivity index (χ1n) is 7.15. The lowest BCUT2D eigenvalue weighted by Crippen LogP contribution is -2.59. The van der Waals surface area contributed by atoms with Gasteiger partial charge in [-0.05, 0) is 43.6 Å². The van der Waals surface area contributed by atoms with Gasteiger partial charge in [0.15, 0.2) is 0 Å². The van der Waals surface area contributed by atoms with Crippen LogP contribution in [0, 0.1) is 17.3 Å². The molecule has 0 bridgehead atoms. The minimum Gasteiger partial charge on any atom is -0.258 e. The van der Waals surface area contributed by atoms with Gasteiger partial charge in [-0.1, -0.05) is 33.1 Å². The van der Waals surface area contributed by atoms with E-state index in [1.54, 1.807) is 0 Å². The smallest absolute Gasteiger partial charge is 0.0200 e. The molecule has 0 aromatic rings. The van der Waals surface area contributed by atoms with Crippen molar-refractivity contribution in [1.82, 2.24) is 10.4 Å². The predicted molar refractivity (Wildman–Crippen MR) is 69.1 cm³/mol. The van der Waals surface area contributed by atoms with E-state index in [1.807, 2.05) is 7.05 Å². The Balaban J connectivity index is 1.83. The second kappa shape index (κ2) is 5.05. The summed E-state index contributed by atoms with van der Waals surface area (Å²) < 4.78 is 0. The normalized spacial score (nSPS) is 30.6. The second-order valence-electron chi connectivity index (χ2n) is 6.04. The molecular weight excluding hydrogens is 196 g/mol. The second-order valence-corrected chi connectivity index (χ2v) is 6.04. The summed E-state index contributed by atoms with van der Waals surface area (Å²) >= 11 is 0. The summed E-state index contributed by atoms with van der Waals surface area (Å²) in [7, 11) is 2.05. The van der Waals surface area contributed by atoms with Crippen LogP contribution in [-0.4, -0.2) is 25.1 Å². The van der Waals surface area contributed by atoms with E-state index in [-0.39, 0.29) is 0 Å². The van der Waals surface area contributed by atoms with Crippen LogP contribution in [0.5, 0.6) is 0 Å². The Kier molecular flexibility index (Phi) is 3.91. The van der Waals surface area contributed by atoms with Crippen LogP contribution >= 0.6 is 0 Å². The Hall–Kier alpha value is -0.0800. The largest absolute Gasteiger partial charge is 0.258 e. The van der Waals surface area contributed by atoms with Gasteiger partial charge < -0.3 is 0 Å². The number of hydrogen-bond donors (Lipinski definition) is 1. The zero-order chi connectivity index (χ0) is 11.6. The maximum absolute atomic E-state index is 3.27. The summed E-state index contributed by atoms with van der Waals surface area (Å²) in [6.07, 6.45) is 8.69. The van der Waals surface area contributed by atoms with E-state index >= 15 is 0 Å². The maximum atomic E-state index is 3.27. The van der Waals surface area contributed by atoms with E-state index in [9.17, 15) is 0 Å². The SMILES string of the molecule is CCCC(CC)C1CCC2(C1)CN(NC)C2. The quantitative estimate of drug-likeness (QED) is 0.772. The molecule has 2 nitrogen and oxygen atoms in total. The van der Waals surface area contributed by atoms with Crippen molar-refractivity contribution in [2.24, 2.45) is 17.3 Å². The van der Waals surface area contributed by atoms with Crippen molar-refractivity contribution in [2.45, 2.75) is 52.4 Å². The molecule has 1 saturated heterocycles. The molecular formula is C14H28N2. The molecule has 94 valence electrons. The van der Waals surface area contributed by atoms with Crippen molar-refractivity contribution in [3.05, 3.63) is 0 Å². The highest BCUT2D eigenvalue weighted by atomic mass is 15.5. The van der Waals surface area contributed by atoms with Crippen molar-refractivity contribution in [1.29, 1.82) is 0 Å². The highest BCUT2D eigenvalue weighted by molar-refractivity contribution is 5.00. The molecule has 1 N–H and O–H groups in total. The molecule has 2 atom stereocenters. The van der Waals surface area contributed by atoms with E-state index in [2.05, 4.69) is 24.3 Å².